The van der Waals surface area contributed by atoms with Crippen LogP contribution in [0.15, 0.2) is 36.5 Å². The highest BCUT2D eigenvalue weighted by atomic mass is 32.1. The monoisotopic (exact) mass is 272 g/mol. The molecule has 96 valence electrons. The Morgan fingerprint density at radius 2 is 2.05 bits per heavy atom. The minimum absolute atomic E-state index is 0.252. The van der Waals surface area contributed by atoms with Crippen molar-refractivity contribution in [3.63, 3.8) is 0 Å². The predicted octanol–water partition coefficient (Wildman–Crippen LogP) is 3.92. The van der Waals surface area contributed by atoms with Crippen molar-refractivity contribution in [2.24, 2.45) is 0 Å². The highest BCUT2D eigenvalue weighted by molar-refractivity contribution is 7.19. The van der Waals surface area contributed by atoms with E-state index in [0.717, 1.165) is 15.8 Å². The summed E-state index contributed by atoms with van der Waals surface area (Å²) in [5, 5.41) is 0. The lowest BCUT2D eigenvalue weighted by Gasteiger charge is -2.05. The number of anilines is 1. The summed E-state index contributed by atoms with van der Waals surface area (Å²) in [6.45, 7) is 2.06. The molecule has 0 aliphatic rings. The summed E-state index contributed by atoms with van der Waals surface area (Å²) in [6.07, 6.45) is 2.34. The molecule has 3 aromatic rings. The summed E-state index contributed by atoms with van der Waals surface area (Å²) < 4.78 is 15.0. The first-order chi connectivity index (χ1) is 9.13. The van der Waals surface area contributed by atoms with Crippen molar-refractivity contribution in [1.29, 1.82) is 0 Å². The van der Waals surface area contributed by atoms with Crippen LogP contribution < -0.4 is 5.73 Å². The summed E-state index contributed by atoms with van der Waals surface area (Å²) in [5.41, 5.74) is 8.76. The summed E-state index contributed by atoms with van der Waals surface area (Å²) >= 11 is 1.70. The van der Waals surface area contributed by atoms with Crippen LogP contribution in [0.2, 0.25) is 0 Å². The Balaban J connectivity index is 2.05. The molecule has 0 aliphatic heterocycles. The molecule has 2 nitrogen and oxygen atoms in total. The maximum absolute atomic E-state index is 13.8. The molecule has 2 N–H and O–H groups in total. The van der Waals surface area contributed by atoms with Gasteiger partial charge in [-0.25, -0.2) is 4.39 Å². The van der Waals surface area contributed by atoms with Crippen LogP contribution >= 0.6 is 11.3 Å². The van der Waals surface area contributed by atoms with Crippen LogP contribution in [0.4, 0.5) is 10.1 Å². The average Bonchev–Trinajstić information content (AvgIpc) is 2.74. The van der Waals surface area contributed by atoms with Crippen molar-refractivity contribution in [3.8, 4) is 0 Å². The number of nitrogens with zero attached hydrogens (tertiary/aromatic N) is 1. The molecule has 2 aromatic heterocycles. The normalized spacial score (nSPS) is 11.1. The standard InChI is InChI=1S/C15H13FN2S/c1-9-6-14-15(19-9)11(4-5-18-14)7-10-2-3-12(17)8-13(10)16/h2-6,8H,7,17H2,1H3. The van der Waals surface area contributed by atoms with Crippen LogP contribution in [-0.2, 0) is 6.42 Å². The molecule has 0 atom stereocenters. The molecule has 0 fully saturated rings. The maximum Gasteiger partial charge on any atom is 0.128 e. The SMILES string of the molecule is Cc1cc2nccc(Cc3ccc(N)cc3F)c2s1. The van der Waals surface area contributed by atoms with Gasteiger partial charge in [0, 0.05) is 23.2 Å². The van der Waals surface area contributed by atoms with Gasteiger partial charge in [0.25, 0.3) is 0 Å². The number of aromatic nitrogens is 1. The van der Waals surface area contributed by atoms with Crippen LogP contribution in [-0.4, -0.2) is 4.98 Å². The Hall–Kier alpha value is -1.94. The zero-order valence-electron chi connectivity index (χ0n) is 10.5. The van der Waals surface area contributed by atoms with Crippen LogP contribution in [0.3, 0.4) is 0 Å². The summed E-state index contributed by atoms with van der Waals surface area (Å²) in [4.78, 5) is 5.55. The van der Waals surface area contributed by atoms with Gasteiger partial charge in [-0.2, -0.15) is 0 Å². The Bertz CT molecular complexity index is 749. The third kappa shape index (κ3) is 2.31. The number of thiophene rings is 1. The number of nitrogens with two attached hydrogens (primary N) is 1. The molecule has 2 heterocycles. The lowest BCUT2D eigenvalue weighted by Crippen LogP contribution is -1.95. The molecule has 19 heavy (non-hydrogen) atoms. The highest BCUT2D eigenvalue weighted by Gasteiger charge is 2.09. The third-order valence-corrected chi connectivity index (χ3v) is 4.19. The molecular formula is C15H13FN2S. The van der Waals surface area contributed by atoms with Crippen molar-refractivity contribution in [3.05, 3.63) is 58.3 Å². The highest BCUT2D eigenvalue weighted by Crippen LogP contribution is 2.28. The van der Waals surface area contributed by atoms with Gasteiger partial charge in [0.1, 0.15) is 5.82 Å². The zero-order valence-corrected chi connectivity index (χ0v) is 11.3. The van der Waals surface area contributed by atoms with E-state index in [1.165, 1.54) is 10.9 Å². The van der Waals surface area contributed by atoms with Crippen molar-refractivity contribution in [1.82, 2.24) is 4.98 Å². The van der Waals surface area contributed by atoms with E-state index in [9.17, 15) is 4.39 Å². The van der Waals surface area contributed by atoms with E-state index in [-0.39, 0.29) is 5.82 Å². The summed E-state index contributed by atoms with van der Waals surface area (Å²) in [6, 6.07) is 8.86. The summed E-state index contributed by atoms with van der Waals surface area (Å²) in [7, 11) is 0. The van der Waals surface area contributed by atoms with Gasteiger partial charge in [0.2, 0.25) is 0 Å². The number of halogens is 1. The van der Waals surface area contributed by atoms with Gasteiger partial charge in [-0.3, -0.25) is 4.98 Å². The molecule has 0 amide bonds. The smallest absolute Gasteiger partial charge is 0.128 e. The number of fused-ring (bicyclic) bond motifs is 1. The molecule has 0 aliphatic carbocycles. The van der Waals surface area contributed by atoms with Crippen molar-refractivity contribution in [2.75, 3.05) is 5.73 Å². The van der Waals surface area contributed by atoms with Gasteiger partial charge in [-0.1, -0.05) is 6.07 Å². The number of hydrogen-bond donors (Lipinski definition) is 1. The quantitative estimate of drug-likeness (QED) is 0.718. The largest absolute Gasteiger partial charge is 0.399 e. The van der Waals surface area contributed by atoms with Gasteiger partial charge >= 0.3 is 0 Å². The van der Waals surface area contributed by atoms with Crippen LogP contribution in [0.25, 0.3) is 10.2 Å². The topological polar surface area (TPSA) is 38.9 Å². The Morgan fingerprint density at radius 3 is 2.84 bits per heavy atom. The molecule has 0 unspecified atom stereocenters. The van der Waals surface area contributed by atoms with Gasteiger partial charge < -0.3 is 5.73 Å². The third-order valence-electron chi connectivity index (χ3n) is 3.07. The van der Waals surface area contributed by atoms with Crippen LogP contribution in [0.1, 0.15) is 16.0 Å². The second-order valence-corrected chi connectivity index (χ2v) is 5.83. The number of hydrogen-bond acceptors (Lipinski definition) is 3. The van der Waals surface area contributed by atoms with Crippen molar-refractivity contribution in [2.45, 2.75) is 13.3 Å². The predicted molar refractivity (Wildman–Crippen MR) is 78.0 cm³/mol. The minimum Gasteiger partial charge on any atom is -0.399 e. The van der Waals surface area contributed by atoms with E-state index < -0.39 is 0 Å². The van der Waals surface area contributed by atoms with Crippen LogP contribution in [0.5, 0.6) is 0 Å². The molecule has 0 radical (unpaired) electrons. The van der Waals surface area contributed by atoms with E-state index in [0.29, 0.717) is 17.7 Å². The fraction of sp³-hybridized carbons (Fsp3) is 0.133. The molecule has 0 spiro atoms. The molecule has 4 heteroatoms. The van der Waals surface area contributed by atoms with E-state index in [1.807, 2.05) is 6.07 Å². The fourth-order valence-corrected chi connectivity index (χ4v) is 3.14. The van der Waals surface area contributed by atoms with Crippen molar-refractivity contribution < 1.29 is 4.39 Å². The first-order valence-electron chi connectivity index (χ1n) is 6.01. The molecule has 3 rings (SSSR count). The van der Waals surface area contributed by atoms with E-state index in [4.69, 9.17) is 5.73 Å². The number of nitrogen functional groups attached to an aromatic ring is 1. The Morgan fingerprint density at radius 1 is 1.21 bits per heavy atom. The van der Waals surface area contributed by atoms with Gasteiger partial charge in [0.15, 0.2) is 0 Å². The van der Waals surface area contributed by atoms with E-state index in [2.05, 4.69) is 18.0 Å². The average molecular weight is 272 g/mol. The number of pyridine rings is 1. The first-order valence-corrected chi connectivity index (χ1v) is 6.83. The first kappa shape index (κ1) is 12.1. The van der Waals surface area contributed by atoms with E-state index >= 15 is 0 Å². The second kappa shape index (κ2) is 4.63. The van der Waals surface area contributed by atoms with E-state index in [1.54, 1.807) is 29.7 Å². The zero-order chi connectivity index (χ0) is 13.4. The molecule has 0 bridgehead atoms. The van der Waals surface area contributed by atoms with Crippen molar-refractivity contribution >= 4 is 27.2 Å². The number of aryl methyl sites for hydroxylation is 1. The maximum atomic E-state index is 13.8. The lowest BCUT2D eigenvalue weighted by atomic mass is 10.0. The molecule has 1 aromatic carbocycles. The molecule has 0 saturated carbocycles. The number of benzene rings is 1. The molecule has 0 saturated heterocycles. The number of rotatable bonds is 2. The Kier molecular flexibility index (Phi) is 2.95. The minimum atomic E-state index is -0.252. The summed E-state index contributed by atoms with van der Waals surface area (Å²) in [5.74, 6) is -0.252. The van der Waals surface area contributed by atoms with Gasteiger partial charge in [-0.05, 0) is 42.3 Å². The lowest BCUT2D eigenvalue weighted by molar-refractivity contribution is 0.615. The van der Waals surface area contributed by atoms with Gasteiger partial charge in [-0.15, -0.1) is 11.3 Å². The fourth-order valence-electron chi connectivity index (χ4n) is 2.16. The van der Waals surface area contributed by atoms with Gasteiger partial charge in [0.05, 0.1) is 10.2 Å². The van der Waals surface area contributed by atoms with Crippen LogP contribution in [0, 0.1) is 12.7 Å². The molecular weight excluding hydrogens is 259 g/mol. The Labute approximate surface area is 114 Å². The second-order valence-electron chi connectivity index (χ2n) is 4.57.